The summed E-state index contributed by atoms with van der Waals surface area (Å²) in [5.74, 6) is -2.23. The Labute approximate surface area is 193 Å². The Kier molecular flexibility index (Phi) is 7.71. The number of hydrogen-bond acceptors (Lipinski definition) is 5. The van der Waals surface area contributed by atoms with Gasteiger partial charge < -0.3 is 25.2 Å². The van der Waals surface area contributed by atoms with Crippen molar-refractivity contribution in [1.82, 2.24) is 10.6 Å². The highest BCUT2D eigenvalue weighted by atomic mass is 16.5. The van der Waals surface area contributed by atoms with Gasteiger partial charge in [-0.25, -0.2) is 9.59 Å². The number of carboxylic acids is 1. The SMILES string of the molecule is CO[C@H](C)[C@H](NC(=O)C(NC(=O)OCC1c2ccccc2-c2ccccc21)C(C)C)C(=O)O. The van der Waals surface area contributed by atoms with Crippen molar-refractivity contribution in [3.8, 4) is 11.1 Å². The fourth-order valence-electron chi connectivity index (χ4n) is 4.06. The molecule has 3 rings (SSSR count). The van der Waals surface area contributed by atoms with Gasteiger partial charge in [0.1, 0.15) is 12.6 Å². The second-order valence-corrected chi connectivity index (χ2v) is 8.46. The predicted molar refractivity (Wildman–Crippen MR) is 123 cm³/mol. The predicted octanol–water partition coefficient (Wildman–Crippen LogP) is 3.15. The zero-order valence-electron chi connectivity index (χ0n) is 19.2. The fourth-order valence-corrected chi connectivity index (χ4v) is 4.06. The average molecular weight is 455 g/mol. The van der Waals surface area contributed by atoms with Gasteiger partial charge in [0, 0.05) is 13.0 Å². The van der Waals surface area contributed by atoms with Crippen molar-refractivity contribution in [3.63, 3.8) is 0 Å². The zero-order valence-corrected chi connectivity index (χ0v) is 19.2. The molecule has 1 unspecified atom stereocenters. The fraction of sp³-hybridized carbons (Fsp3) is 0.400. The number of rotatable bonds is 9. The van der Waals surface area contributed by atoms with Crippen LogP contribution in [0.25, 0.3) is 11.1 Å². The summed E-state index contributed by atoms with van der Waals surface area (Å²) < 4.78 is 10.6. The standard InChI is InChI=1S/C25H30N2O6/c1-14(2)21(23(28)26-22(24(29)30)15(3)32-4)27-25(31)33-13-20-18-11-7-5-9-16(18)17-10-6-8-12-19(17)20/h5-12,14-15,20-22H,13H2,1-4H3,(H,26,28)(H,27,31)(H,29,30)/t15-,21?,22+/m1/s1. The van der Waals surface area contributed by atoms with E-state index in [0.29, 0.717) is 0 Å². The molecule has 0 aliphatic heterocycles. The van der Waals surface area contributed by atoms with E-state index in [0.717, 1.165) is 22.3 Å². The van der Waals surface area contributed by atoms with Crippen molar-refractivity contribution in [2.75, 3.05) is 13.7 Å². The molecule has 0 heterocycles. The number of nitrogens with one attached hydrogen (secondary N) is 2. The lowest BCUT2D eigenvalue weighted by Gasteiger charge is -2.26. The summed E-state index contributed by atoms with van der Waals surface area (Å²) in [6.45, 7) is 5.17. The first-order valence-corrected chi connectivity index (χ1v) is 10.9. The molecule has 0 saturated heterocycles. The first kappa shape index (κ1) is 24.3. The van der Waals surface area contributed by atoms with Gasteiger partial charge >= 0.3 is 12.1 Å². The molecule has 3 N–H and O–H groups in total. The van der Waals surface area contributed by atoms with Crippen LogP contribution in [0.3, 0.4) is 0 Å². The van der Waals surface area contributed by atoms with E-state index in [9.17, 15) is 19.5 Å². The minimum atomic E-state index is -1.24. The van der Waals surface area contributed by atoms with Crippen LogP contribution in [0.5, 0.6) is 0 Å². The molecule has 176 valence electrons. The van der Waals surface area contributed by atoms with Crippen molar-refractivity contribution in [3.05, 3.63) is 59.7 Å². The molecule has 1 aliphatic carbocycles. The minimum absolute atomic E-state index is 0.103. The highest BCUT2D eigenvalue weighted by Crippen LogP contribution is 2.44. The summed E-state index contributed by atoms with van der Waals surface area (Å²) in [6.07, 6.45) is -1.48. The largest absolute Gasteiger partial charge is 0.480 e. The van der Waals surface area contributed by atoms with Crippen LogP contribution in [0, 0.1) is 5.92 Å². The van der Waals surface area contributed by atoms with Crippen LogP contribution >= 0.6 is 0 Å². The van der Waals surface area contributed by atoms with Gasteiger partial charge in [-0.1, -0.05) is 62.4 Å². The van der Waals surface area contributed by atoms with Gasteiger partial charge in [-0.3, -0.25) is 4.79 Å². The zero-order chi connectivity index (χ0) is 24.1. The smallest absolute Gasteiger partial charge is 0.407 e. The Bertz CT molecular complexity index is 976. The van der Waals surface area contributed by atoms with Crippen LogP contribution in [0.4, 0.5) is 4.79 Å². The Morgan fingerprint density at radius 1 is 0.909 bits per heavy atom. The quantitative estimate of drug-likeness (QED) is 0.536. The molecule has 2 amide bonds. The number of carbonyl (C=O) groups is 3. The first-order valence-electron chi connectivity index (χ1n) is 10.9. The normalized spacial score (nSPS) is 15.2. The molecule has 0 bridgehead atoms. The molecule has 0 aromatic heterocycles. The van der Waals surface area contributed by atoms with Gasteiger partial charge in [-0.15, -0.1) is 0 Å². The minimum Gasteiger partial charge on any atom is -0.480 e. The summed E-state index contributed by atoms with van der Waals surface area (Å²) in [5.41, 5.74) is 4.41. The van der Waals surface area contributed by atoms with Crippen LogP contribution in [0.1, 0.15) is 37.8 Å². The third-order valence-electron chi connectivity index (χ3n) is 5.97. The molecule has 8 nitrogen and oxygen atoms in total. The number of aliphatic carboxylic acids is 1. The second-order valence-electron chi connectivity index (χ2n) is 8.46. The van der Waals surface area contributed by atoms with Crippen molar-refractivity contribution < 1.29 is 29.0 Å². The maximum absolute atomic E-state index is 12.7. The molecule has 0 spiro atoms. The lowest BCUT2D eigenvalue weighted by atomic mass is 9.98. The van der Waals surface area contributed by atoms with E-state index < -0.39 is 36.2 Å². The van der Waals surface area contributed by atoms with E-state index in [1.54, 1.807) is 20.8 Å². The van der Waals surface area contributed by atoms with Crippen LogP contribution in [-0.4, -0.2) is 55.0 Å². The Hall–Kier alpha value is -3.39. The summed E-state index contributed by atoms with van der Waals surface area (Å²) in [4.78, 5) is 36.8. The molecule has 0 fully saturated rings. The number of hydrogen-bond donors (Lipinski definition) is 3. The summed E-state index contributed by atoms with van der Waals surface area (Å²) >= 11 is 0. The van der Waals surface area contributed by atoms with Gasteiger partial charge in [-0.05, 0) is 35.1 Å². The molecule has 2 aromatic rings. The molecule has 1 aliphatic rings. The highest BCUT2D eigenvalue weighted by molar-refractivity contribution is 5.89. The van der Waals surface area contributed by atoms with E-state index in [-0.39, 0.29) is 18.4 Å². The van der Waals surface area contributed by atoms with Crippen LogP contribution < -0.4 is 10.6 Å². The molecule has 33 heavy (non-hydrogen) atoms. The number of ether oxygens (including phenoxy) is 2. The number of amides is 2. The maximum atomic E-state index is 12.7. The van der Waals surface area contributed by atoms with E-state index in [2.05, 4.69) is 10.6 Å². The Morgan fingerprint density at radius 2 is 1.45 bits per heavy atom. The van der Waals surface area contributed by atoms with Crippen molar-refractivity contribution >= 4 is 18.0 Å². The monoisotopic (exact) mass is 454 g/mol. The van der Waals surface area contributed by atoms with E-state index >= 15 is 0 Å². The molecule has 8 heteroatoms. The van der Waals surface area contributed by atoms with Gasteiger partial charge in [-0.2, -0.15) is 0 Å². The first-order chi connectivity index (χ1) is 15.7. The lowest BCUT2D eigenvalue weighted by molar-refractivity contribution is -0.146. The third kappa shape index (κ3) is 5.34. The number of carbonyl (C=O) groups excluding carboxylic acids is 2. The highest BCUT2D eigenvalue weighted by Gasteiger charge is 2.33. The molecule has 3 atom stereocenters. The van der Waals surface area contributed by atoms with Gasteiger partial charge in [0.25, 0.3) is 0 Å². The summed E-state index contributed by atoms with van der Waals surface area (Å²) in [5, 5.41) is 14.4. The van der Waals surface area contributed by atoms with Gasteiger partial charge in [0.15, 0.2) is 6.04 Å². The van der Waals surface area contributed by atoms with Crippen LogP contribution in [0.15, 0.2) is 48.5 Å². The molecule has 2 aromatic carbocycles. The Balaban J connectivity index is 1.66. The maximum Gasteiger partial charge on any atom is 0.407 e. The number of carboxylic acid groups (broad SMARTS) is 1. The molecule has 0 radical (unpaired) electrons. The number of fused-ring (bicyclic) bond motifs is 3. The van der Waals surface area contributed by atoms with Crippen molar-refractivity contribution in [2.24, 2.45) is 5.92 Å². The van der Waals surface area contributed by atoms with E-state index in [1.807, 2.05) is 48.5 Å². The second kappa shape index (κ2) is 10.5. The van der Waals surface area contributed by atoms with E-state index in [4.69, 9.17) is 9.47 Å². The third-order valence-corrected chi connectivity index (χ3v) is 5.97. The van der Waals surface area contributed by atoms with E-state index in [1.165, 1.54) is 7.11 Å². The lowest BCUT2D eigenvalue weighted by Crippen LogP contribution is -2.56. The van der Waals surface area contributed by atoms with Crippen molar-refractivity contribution in [2.45, 2.75) is 44.9 Å². The number of methoxy groups -OCH3 is 1. The van der Waals surface area contributed by atoms with Gasteiger partial charge in [0.05, 0.1) is 6.10 Å². The number of benzene rings is 2. The summed E-state index contributed by atoms with van der Waals surface area (Å²) in [7, 11) is 1.36. The molecular formula is C25H30N2O6. The number of alkyl carbamates (subject to hydrolysis) is 1. The molecular weight excluding hydrogens is 424 g/mol. The van der Waals surface area contributed by atoms with Crippen molar-refractivity contribution in [1.29, 1.82) is 0 Å². The van der Waals surface area contributed by atoms with Crippen LogP contribution in [0.2, 0.25) is 0 Å². The molecule has 0 saturated carbocycles. The Morgan fingerprint density at radius 3 is 1.94 bits per heavy atom. The van der Waals surface area contributed by atoms with Gasteiger partial charge in [0.2, 0.25) is 5.91 Å². The summed E-state index contributed by atoms with van der Waals surface area (Å²) in [6, 6.07) is 13.8. The average Bonchev–Trinajstić information content (AvgIpc) is 3.12. The topological polar surface area (TPSA) is 114 Å². The van der Waals surface area contributed by atoms with Crippen LogP contribution in [-0.2, 0) is 19.1 Å².